The van der Waals surface area contributed by atoms with Gasteiger partial charge in [-0.15, -0.1) is 0 Å². The molecule has 0 fully saturated rings. The first-order valence-corrected chi connectivity index (χ1v) is 7.45. The SMILES string of the molecule is CC(O)COC(C)CO.O[P+](O)(O)c1ccccc1. The first-order chi connectivity index (χ1) is 8.77. The first-order valence-electron chi connectivity index (χ1n) is 5.80. The van der Waals surface area contributed by atoms with Crippen LogP contribution in [0.25, 0.3) is 0 Å². The van der Waals surface area contributed by atoms with E-state index in [1.165, 1.54) is 12.1 Å². The third-order valence-electron chi connectivity index (χ3n) is 1.98. The van der Waals surface area contributed by atoms with Gasteiger partial charge in [0.25, 0.3) is 0 Å². The average Bonchev–Trinajstić information content (AvgIpc) is 2.36. The van der Waals surface area contributed by atoms with Gasteiger partial charge >= 0.3 is 7.94 Å². The quantitative estimate of drug-likeness (QED) is 0.482. The van der Waals surface area contributed by atoms with Gasteiger partial charge in [0.05, 0.1) is 25.4 Å². The van der Waals surface area contributed by atoms with Crippen LogP contribution in [0, 0.1) is 0 Å². The van der Waals surface area contributed by atoms with Gasteiger partial charge in [-0.3, -0.25) is 0 Å². The van der Waals surface area contributed by atoms with Crippen molar-refractivity contribution < 1.29 is 29.6 Å². The third-order valence-corrected chi connectivity index (χ3v) is 2.97. The van der Waals surface area contributed by atoms with Gasteiger partial charge < -0.3 is 14.9 Å². The lowest BCUT2D eigenvalue weighted by Crippen LogP contribution is -2.19. The van der Waals surface area contributed by atoms with Gasteiger partial charge in [-0.2, -0.15) is 14.7 Å². The maximum atomic E-state index is 8.71. The van der Waals surface area contributed by atoms with Gasteiger partial charge in [0, 0.05) is 0 Å². The summed E-state index contributed by atoms with van der Waals surface area (Å²) in [5.41, 5.74) is 0. The molecule has 0 bridgehead atoms. The minimum Gasteiger partial charge on any atom is -0.394 e. The van der Waals surface area contributed by atoms with Gasteiger partial charge in [0.15, 0.2) is 5.30 Å². The van der Waals surface area contributed by atoms with E-state index >= 15 is 0 Å². The highest BCUT2D eigenvalue weighted by Gasteiger charge is 2.32. The average molecular weight is 293 g/mol. The lowest BCUT2D eigenvalue weighted by molar-refractivity contribution is -0.0177. The molecule has 0 amide bonds. The van der Waals surface area contributed by atoms with Crippen molar-refractivity contribution in [1.29, 1.82) is 0 Å². The zero-order valence-corrected chi connectivity index (χ0v) is 11.9. The van der Waals surface area contributed by atoms with Gasteiger partial charge in [0.1, 0.15) is 0 Å². The van der Waals surface area contributed by atoms with Gasteiger partial charge in [-0.25, -0.2) is 0 Å². The van der Waals surface area contributed by atoms with E-state index in [0.717, 1.165) is 0 Å². The molecule has 0 aliphatic rings. The Morgan fingerprint density at radius 3 is 1.95 bits per heavy atom. The second kappa shape index (κ2) is 9.34. The number of aliphatic hydroxyl groups excluding tert-OH is 2. The molecule has 0 aliphatic carbocycles. The molecule has 1 rings (SSSR count). The predicted octanol–water partition coefficient (Wildman–Crippen LogP) is -0.184. The monoisotopic (exact) mass is 293 g/mol. The van der Waals surface area contributed by atoms with Crippen molar-refractivity contribution in [3.8, 4) is 0 Å². The van der Waals surface area contributed by atoms with Crippen LogP contribution in [-0.4, -0.2) is 50.3 Å². The summed E-state index contributed by atoms with van der Waals surface area (Å²) in [5, 5.41) is 17.3. The second-order valence-electron chi connectivity index (χ2n) is 4.08. The molecular weight excluding hydrogens is 271 g/mol. The number of benzene rings is 1. The zero-order chi connectivity index (χ0) is 14.9. The van der Waals surface area contributed by atoms with Crippen molar-refractivity contribution in [3.63, 3.8) is 0 Å². The van der Waals surface area contributed by atoms with Gasteiger partial charge in [-0.05, 0) is 26.0 Å². The largest absolute Gasteiger partial charge is 0.440 e. The fourth-order valence-corrected chi connectivity index (χ4v) is 1.56. The number of hydrogen-bond acceptors (Lipinski definition) is 6. The van der Waals surface area contributed by atoms with E-state index < -0.39 is 14.0 Å². The molecule has 1 aromatic carbocycles. The Balaban J connectivity index is 0.000000344. The van der Waals surface area contributed by atoms with Crippen LogP contribution < -0.4 is 5.30 Å². The van der Waals surface area contributed by atoms with E-state index in [4.69, 9.17) is 29.6 Å². The number of hydrogen-bond donors (Lipinski definition) is 5. The number of aliphatic hydroxyl groups is 2. The molecular formula is C12H22O6P+. The second-order valence-corrected chi connectivity index (χ2v) is 5.73. The fourth-order valence-electron chi connectivity index (χ4n) is 0.984. The van der Waals surface area contributed by atoms with Crippen LogP contribution in [-0.2, 0) is 4.74 Å². The van der Waals surface area contributed by atoms with Crippen LogP contribution in [0.1, 0.15) is 13.8 Å². The summed E-state index contributed by atoms with van der Waals surface area (Å²) in [6.07, 6.45) is -0.612. The van der Waals surface area contributed by atoms with E-state index in [9.17, 15) is 0 Å². The smallest absolute Gasteiger partial charge is 0.394 e. The third kappa shape index (κ3) is 9.92. The lowest BCUT2D eigenvalue weighted by atomic mass is 10.4. The molecule has 1 aromatic rings. The predicted molar refractivity (Wildman–Crippen MR) is 73.8 cm³/mol. The molecule has 0 radical (unpaired) electrons. The molecule has 5 N–H and O–H groups in total. The van der Waals surface area contributed by atoms with E-state index in [2.05, 4.69) is 0 Å². The fraction of sp³-hybridized carbons (Fsp3) is 0.500. The Hall–Kier alpha value is -0.590. The molecule has 19 heavy (non-hydrogen) atoms. The minimum absolute atomic E-state index is 0.00667. The van der Waals surface area contributed by atoms with Crippen LogP contribution in [0.15, 0.2) is 30.3 Å². The summed E-state index contributed by atoms with van der Waals surface area (Å²) in [6.45, 7) is 3.70. The number of ether oxygens (including phenoxy) is 1. The van der Waals surface area contributed by atoms with Crippen molar-refractivity contribution >= 4 is 13.2 Å². The Kier molecular flexibility index (Phi) is 9.05. The highest BCUT2D eigenvalue weighted by atomic mass is 31.2. The van der Waals surface area contributed by atoms with E-state index in [-0.39, 0.29) is 18.0 Å². The van der Waals surface area contributed by atoms with Gasteiger partial charge in [-0.1, -0.05) is 18.2 Å². The summed E-state index contributed by atoms with van der Waals surface area (Å²) in [5.74, 6) is 0. The molecule has 110 valence electrons. The van der Waals surface area contributed by atoms with Crippen LogP contribution in [0.5, 0.6) is 0 Å². The molecule has 0 aromatic heterocycles. The van der Waals surface area contributed by atoms with E-state index in [1.807, 2.05) is 0 Å². The summed E-state index contributed by atoms with van der Waals surface area (Å²) in [7, 11) is -3.77. The minimum atomic E-state index is -3.77. The Morgan fingerprint density at radius 1 is 1.11 bits per heavy atom. The van der Waals surface area contributed by atoms with E-state index in [0.29, 0.717) is 6.61 Å². The molecule has 2 unspecified atom stereocenters. The number of rotatable bonds is 5. The van der Waals surface area contributed by atoms with Crippen molar-refractivity contribution in [2.75, 3.05) is 13.2 Å². The van der Waals surface area contributed by atoms with Crippen molar-refractivity contribution in [2.24, 2.45) is 0 Å². The maximum absolute atomic E-state index is 8.71. The molecule has 0 saturated heterocycles. The summed E-state index contributed by atoms with van der Waals surface area (Å²) in [6, 6.07) is 7.93. The van der Waals surface area contributed by atoms with Crippen LogP contribution in [0.4, 0.5) is 0 Å². The summed E-state index contributed by atoms with van der Waals surface area (Å²) >= 11 is 0. The van der Waals surface area contributed by atoms with Crippen molar-refractivity contribution in [1.82, 2.24) is 0 Å². The van der Waals surface area contributed by atoms with Gasteiger partial charge in [0.2, 0.25) is 0 Å². The standard InChI is InChI=1S/C6H8O3P.C6H14O3/c7-10(8,9)6-4-2-1-3-5-6;1-5(8)4-9-6(2)3-7/h1-5,7-9H;5-8H,3-4H2,1-2H3/q+1;. The summed E-state index contributed by atoms with van der Waals surface area (Å²) in [4.78, 5) is 26.1. The van der Waals surface area contributed by atoms with Crippen molar-refractivity contribution in [3.05, 3.63) is 30.3 Å². The molecule has 0 spiro atoms. The van der Waals surface area contributed by atoms with E-state index in [1.54, 1.807) is 32.0 Å². The molecule has 7 heteroatoms. The Morgan fingerprint density at radius 2 is 1.63 bits per heavy atom. The lowest BCUT2D eigenvalue weighted by Gasteiger charge is -2.10. The molecule has 6 nitrogen and oxygen atoms in total. The zero-order valence-electron chi connectivity index (χ0n) is 11.0. The van der Waals surface area contributed by atoms with Crippen LogP contribution >= 0.6 is 7.94 Å². The molecule has 2 atom stereocenters. The topological polar surface area (TPSA) is 110 Å². The molecule has 0 heterocycles. The highest BCUT2D eigenvalue weighted by Crippen LogP contribution is 2.42. The molecule has 0 saturated carbocycles. The normalized spacial score (nSPS) is 14.3. The Bertz CT molecular complexity index is 325. The summed E-state index contributed by atoms with van der Waals surface area (Å²) < 4.78 is 4.95. The Labute approximate surface area is 113 Å². The highest BCUT2D eigenvalue weighted by molar-refractivity contribution is 7.66. The van der Waals surface area contributed by atoms with Crippen molar-refractivity contribution in [2.45, 2.75) is 26.1 Å². The molecule has 0 aliphatic heterocycles. The van der Waals surface area contributed by atoms with Crippen LogP contribution in [0.2, 0.25) is 0 Å². The first kappa shape index (κ1) is 18.4. The van der Waals surface area contributed by atoms with Crippen LogP contribution in [0.3, 0.4) is 0 Å². The maximum Gasteiger partial charge on any atom is 0.440 e.